The van der Waals surface area contributed by atoms with Gasteiger partial charge in [0.2, 0.25) is 11.8 Å². The van der Waals surface area contributed by atoms with Crippen LogP contribution in [0, 0.1) is 11.8 Å². The molecule has 2 aliphatic rings. The molecule has 1 aliphatic heterocycles. The van der Waals surface area contributed by atoms with Crippen LogP contribution >= 0.6 is 0 Å². The summed E-state index contributed by atoms with van der Waals surface area (Å²) in [6, 6.07) is 0. The lowest BCUT2D eigenvalue weighted by atomic mass is 9.91. The molecule has 1 saturated heterocycles. The third-order valence-electron chi connectivity index (χ3n) is 4.34. The highest BCUT2D eigenvalue weighted by atomic mass is 16.2. The van der Waals surface area contributed by atoms with Crippen LogP contribution in [0.25, 0.3) is 0 Å². The summed E-state index contributed by atoms with van der Waals surface area (Å²) >= 11 is 0. The molecular formula is C13H23N3O2. The monoisotopic (exact) mass is 253 g/mol. The number of nitrogens with two attached hydrogens (primary N) is 1. The van der Waals surface area contributed by atoms with Gasteiger partial charge in [0.15, 0.2) is 0 Å². The fourth-order valence-electron chi connectivity index (χ4n) is 2.59. The van der Waals surface area contributed by atoms with E-state index in [0.717, 1.165) is 19.3 Å². The van der Waals surface area contributed by atoms with Gasteiger partial charge in [-0.05, 0) is 32.1 Å². The SMILES string of the molecule is CN1CCC(C(=O)NC(C)(CN)C2CC2)CC1=O. The molecule has 0 spiro atoms. The van der Waals surface area contributed by atoms with Gasteiger partial charge in [0.1, 0.15) is 0 Å². The number of rotatable bonds is 4. The van der Waals surface area contributed by atoms with Gasteiger partial charge in [-0.15, -0.1) is 0 Å². The maximum Gasteiger partial charge on any atom is 0.224 e. The minimum Gasteiger partial charge on any atom is -0.349 e. The van der Waals surface area contributed by atoms with E-state index in [1.807, 2.05) is 6.92 Å². The molecule has 2 rings (SSSR count). The first-order chi connectivity index (χ1) is 8.46. The Hall–Kier alpha value is -1.10. The Morgan fingerprint density at radius 2 is 2.17 bits per heavy atom. The first-order valence-corrected chi connectivity index (χ1v) is 6.72. The fraction of sp³-hybridized carbons (Fsp3) is 0.846. The molecule has 18 heavy (non-hydrogen) atoms. The first-order valence-electron chi connectivity index (χ1n) is 6.72. The van der Waals surface area contributed by atoms with Gasteiger partial charge < -0.3 is 16.0 Å². The summed E-state index contributed by atoms with van der Waals surface area (Å²) in [5, 5.41) is 3.08. The van der Waals surface area contributed by atoms with E-state index >= 15 is 0 Å². The quantitative estimate of drug-likeness (QED) is 0.746. The number of nitrogens with one attached hydrogen (secondary N) is 1. The van der Waals surface area contributed by atoms with Crippen molar-refractivity contribution in [3.05, 3.63) is 0 Å². The Morgan fingerprint density at radius 3 is 2.67 bits per heavy atom. The molecule has 1 heterocycles. The van der Waals surface area contributed by atoms with Crippen LogP contribution in [-0.4, -0.2) is 42.4 Å². The smallest absolute Gasteiger partial charge is 0.224 e. The van der Waals surface area contributed by atoms with Crippen LogP contribution in [0.15, 0.2) is 0 Å². The fourth-order valence-corrected chi connectivity index (χ4v) is 2.59. The van der Waals surface area contributed by atoms with E-state index in [1.54, 1.807) is 11.9 Å². The molecular weight excluding hydrogens is 230 g/mol. The number of piperidine rings is 1. The Balaban J connectivity index is 1.93. The van der Waals surface area contributed by atoms with Crippen molar-refractivity contribution < 1.29 is 9.59 Å². The van der Waals surface area contributed by atoms with Gasteiger partial charge >= 0.3 is 0 Å². The van der Waals surface area contributed by atoms with Crippen LogP contribution in [0.5, 0.6) is 0 Å². The van der Waals surface area contributed by atoms with E-state index < -0.39 is 0 Å². The van der Waals surface area contributed by atoms with Crippen molar-refractivity contribution in [2.24, 2.45) is 17.6 Å². The molecule has 0 bridgehead atoms. The van der Waals surface area contributed by atoms with Crippen molar-refractivity contribution in [1.82, 2.24) is 10.2 Å². The molecule has 102 valence electrons. The molecule has 0 radical (unpaired) electrons. The van der Waals surface area contributed by atoms with Gasteiger partial charge in [0.05, 0.1) is 5.54 Å². The zero-order valence-corrected chi connectivity index (χ0v) is 11.2. The van der Waals surface area contributed by atoms with Crippen LogP contribution < -0.4 is 11.1 Å². The second-order valence-electron chi connectivity index (χ2n) is 5.89. The maximum absolute atomic E-state index is 12.2. The highest BCUT2D eigenvalue weighted by Gasteiger charge is 2.42. The average Bonchev–Trinajstić information content (AvgIpc) is 3.16. The minimum atomic E-state index is -0.288. The number of hydrogen-bond donors (Lipinski definition) is 2. The third-order valence-corrected chi connectivity index (χ3v) is 4.34. The third kappa shape index (κ3) is 2.66. The molecule has 2 atom stereocenters. The van der Waals surface area contributed by atoms with Crippen molar-refractivity contribution in [1.29, 1.82) is 0 Å². The normalized spacial score (nSPS) is 27.8. The molecule has 5 heteroatoms. The zero-order chi connectivity index (χ0) is 13.3. The second kappa shape index (κ2) is 4.88. The largest absolute Gasteiger partial charge is 0.349 e. The summed E-state index contributed by atoms with van der Waals surface area (Å²) in [4.78, 5) is 25.5. The van der Waals surface area contributed by atoms with E-state index in [1.165, 1.54) is 0 Å². The van der Waals surface area contributed by atoms with Gasteiger partial charge in [-0.1, -0.05) is 0 Å². The van der Waals surface area contributed by atoms with Gasteiger partial charge in [-0.25, -0.2) is 0 Å². The number of carbonyl (C=O) groups is 2. The van der Waals surface area contributed by atoms with Gasteiger partial charge in [0, 0.05) is 32.5 Å². The molecule has 5 nitrogen and oxygen atoms in total. The highest BCUT2D eigenvalue weighted by molar-refractivity contribution is 5.87. The lowest BCUT2D eigenvalue weighted by molar-refractivity contribution is -0.139. The van der Waals surface area contributed by atoms with Gasteiger partial charge in [-0.2, -0.15) is 0 Å². The Bertz CT molecular complexity index is 354. The van der Waals surface area contributed by atoms with Crippen molar-refractivity contribution >= 4 is 11.8 Å². The average molecular weight is 253 g/mol. The molecule has 0 aromatic heterocycles. The van der Waals surface area contributed by atoms with Crippen molar-refractivity contribution in [3.8, 4) is 0 Å². The van der Waals surface area contributed by atoms with E-state index in [4.69, 9.17) is 5.73 Å². The van der Waals surface area contributed by atoms with Crippen LogP contribution in [0.2, 0.25) is 0 Å². The molecule has 2 amide bonds. The summed E-state index contributed by atoms with van der Waals surface area (Å²) in [5.74, 6) is 0.380. The summed E-state index contributed by atoms with van der Waals surface area (Å²) < 4.78 is 0. The van der Waals surface area contributed by atoms with Crippen LogP contribution in [0.4, 0.5) is 0 Å². The lowest BCUT2D eigenvalue weighted by Gasteiger charge is -2.34. The summed E-state index contributed by atoms with van der Waals surface area (Å²) in [7, 11) is 1.78. The summed E-state index contributed by atoms with van der Waals surface area (Å²) in [6.45, 7) is 3.14. The predicted octanol–water partition coefficient (Wildman–Crippen LogP) is 0.0984. The molecule has 3 N–H and O–H groups in total. The van der Waals surface area contributed by atoms with Gasteiger partial charge in [0.25, 0.3) is 0 Å². The summed E-state index contributed by atoms with van der Waals surface area (Å²) in [5.41, 5.74) is 5.50. The molecule has 1 aliphatic carbocycles. The van der Waals surface area contributed by atoms with Crippen molar-refractivity contribution in [3.63, 3.8) is 0 Å². The number of hydrogen-bond acceptors (Lipinski definition) is 3. The van der Waals surface area contributed by atoms with Crippen LogP contribution in [0.3, 0.4) is 0 Å². The highest BCUT2D eigenvalue weighted by Crippen LogP contribution is 2.39. The zero-order valence-electron chi connectivity index (χ0n) is 11.2. The topological polar surface area (TPSA) is 75.4 Å². The van der Waals surface area contributed by atoms with E-state index in [0.29, 0.717) is 25.4 Å². The van der Waals surface area contributed by atoms with Crippen LogP contribution in [-0.2, 0) is 9.59 Å². The summed E-state index contributed by atoms with van der Waals surface area (Å²) in [6.07, 6.45) is 3.35. The first kappa shape index (κ1) is 13.3. The van der Waals surface area contributed by atoms with E-state index in [2.05, 4.69) is 5.32 Å². The molecule has 0 aromatic carbocycles. The molecule has 2 unspecified atom stereocenters. The number of nitrogens with zero attached hydrogens (tertiary/aromatic N) is 1. The number of likely N-dealkylation sites (tertiary alicyclic amines) is 1. The molecule has 2 fully saturated rings. The standard InChI is InChI=1S/C13H23N3O2/c1-13(8-14,10-3-4-10)15-12(18)9-5-6-16(2)11(17)7-9/h9-10H,3-8,14H2,1-2H3,(H,15,18). The molecule has 1 saturated carbocycles. The number of carbonyl (C=O) groups excluding carboxylic acids is 2. The van der Waals surface area contributed by atoms with Crippen molar-refractivity contribution in [2.75, 3.05) is 20.1 Å². The molecule has 0 aromatic rings. The second-order valence-corrected chi connectivity index (χ2v) is 5.89. The lowest BCUT2D eigenvalue weighted by Crippen LogP contribution is -2.55. The maximum atomic E-state index is 12.2. The van der Waals surface area contributed by atoms with Crippen molar-refractivity contribution in [2.45, 2.75) is 38.1 Å². The van der Waals surface area contributed by atoms with E-state index in [9.17, 15) is 9.59 Å². The minimum absolute atomic E-state index is 0.00343. The Morgan fingerprint density at radius 1 is 1.50 bits per heavy atom. The predicted molar refractivity (Wildman–Crippen MR) is 68.7 cm³/mol. The Kier molecular flexibility index (Phi) is 3.61. The number of amides is 2. The van der Waals surface area contributed by atoms with Gasteiger partial charge in [-0.3, -0.25) is 9.59 Å². The van der Waals surface area contributed by atoms with E-state index in [-0.39, 0.29) is 23.3 Å². The Labute approximate surface area is 108 Å². The van der Waals surface area contributed by atoms with Crippen LogP contribution in [0.1, 0.15) is 32.6 Å².